The Hall–Kier alpha value is -0.160. The summed E-state index contributed by atoms with van der Waals surface area (Å²) in [7, 11) is 0. The maximum atomic E-state index is 9.17. The largest absolute Gasteiger partial charge is 0.393 e. The van der Waals surface area contributed by atoms with Crippen molar-refractivity contribution in [2.24, 2.45) is 5.90 Å². The molecular formula is C6H13NO3. The highest BCUT2D eigenvalue weighted by Crippen LogP contribution is 2.18. The molecule has 0 radical (unpaired) electrons. The van der Waals surface area contributed by atoms with Crippen LogP contribution >= 0.6 is 0 Å². The van der Waals surface area contributed by atoms with Crippen LogP contribution in [0, 0.1) is 0 Å². The number of rotatable bonds is 1. The van der Waals surface area contributed by atoms with E-state index in [1.165, 1.54) is 0 Å². The second-order valence-corrected chi connectivity index (χ2v) is 2.64. The smallest absolute Gasteiger partial charge is 0.179 e. The van der Waals surface area contributed by atoms with Crippen molar-refractivity contribution in [1.29, 1.82) is 0 Å². The molecule has 0 spiro atoms. The summed E-state index contributed by atoms with van der Waals surface area (Å²) in [5, 5.41) is 9.17. The first-order chi connectivity index (χ1) is 4.72. The molecule has 1 aliphatic rings. The Morgan fingerprint density at radius 2 is 2.30 bits per heavy atom. The van der Waals surface area contributed by atoms with Crippen molar-refractivity contribution >= 4 is 0 Å². The zero-order chi connectivity index (χ0) is 7.56. The molecule has 0 saturated carbocycles. The third-order valence-electron chi connectivity index (χ3n) is 1.60. The zero-order valence-corrected chi connectivity index (χ0v) is 5.99. The summed E-state index contributed by atoms with van der Waals surface area (Å²) in [6, 6.07) is 0. The van der Waals surface area contributed by atoms with E-state index in [1.807, 2.05) is 6.92 Å². The zero-order valence-electron chi connectivity index (χ0n) is 5.99. The van der Waals surface area contributed by atoms with E-state index in [9.17, 15) is 0 Å². The first-order valence-electron chi connectivity index (χ1n) is 3.41. The lowest BCUT2D eigenvalue weighted by molar-refractivity contribution is -0.212. The fraction of sp³-hybridized carbons (Fsp3) is 1.00. The SMILES string of the molecule is C[C@@H]1C[C@@H](O)C[C@H](ON)O1. The van der Waals surface area contributed by atoms with Crippen LogP contribution in [0.5, 0.6) is 0 Å². The van der Waals surface area contributed by atoms with Gasteiger partial charge in [0.15, 0.2) is 6.29 Å². The van der Waals surface area contributed by atoms with Gasteiger partial charge in [-0.1, -0.05) is 0 Å². The van der Waals surface area contributed by atoms with E-state index >= 15 is 0 Å². The quantitative estimate of drug-likeness (QED) is 0.502. The highest BCUT2D eigenvalue weighted by atomic mass is 16.8. The number of aliphatic hydroxyl groups is 1. The summed E-state index contributed by atoms with van der Waals surface area (Å²) in [6.07, 6.45) is 0.411. The van der Waals surface area contributed by atoms with E-state index in [4.69, 9.17) is 15.7 Å². The van der Waals surface area contributed by atoms with Gasteiger partial charge in [-0.05, 0) is 13.3 Å². The molecule has 60 valence electrons. The molecule has 0 aromatic rings. The van der Waals surface area contributed by atoms with Crippen LogP contribution in [-0.4, -0.2) is 23.6 Å². The van der Waals surface area contributed by atoms with Crippen molar-refractivity contribution < 1.29 is 14.7 Å². The summed E-state index contributed by atoms with van der Waals surface area (Å²) in [5.41, 5.74) is 0. The molecule has 4 nitrogen and oxygen atoms in total. The summed E-state index contributed by atoms with van der Waals surface area (Å²) in [4.78, 5) is 4.45. The third kappa shape index (κ3) is 1.91. The van der Waals surface area contributed by atoms with E-state index in [0.29, 0.717) is 12.8 Å². The van der Waals surface area contributed by atoms with Crippen LogP contribution in [-0.2, 0) is 9.57 Å². The van der Waals surface area contributed by atoms with Crippen molar-refractivity contribution in [3.05, 3.63) is 0 Å². The lowest BCUT2D eigenvalue weighted by Gasteiger charge is -2.29. The maximum Gasteiger partial charge on any atom is 0.179 e. The Bertz CT molecular complexity index is 99.2. The molecule has 1 heterocycles. The molecule has 1 aliphatic heterocycles. The minimum absolute atomic E-state index is 0.0392. The van der Waals surface area contributed by atoms with Gasteiger partial charge in [0.05, 0.1) is 12.2 Å². The van der Waals surface area contributed by atoms with Gasteiger partial charge in [0.2, 0.25) is 0 Å². The number of hydrogen-bond acceptors (Lipinski definition) is 4. The van der Waals surface area contributed by atoms with Gasteiger partial charge in [0, 0.05) is 6.42 Å². The predicted molar refractivity (Wildman–Crippen MR) is 34.8 cm³/mol. The Kier molecular flexibility index (Phi) is 2.62. The first kappa shape index (κ1) is 7.94. The van der Waals surface area contributed by atoms with Gasteiger partial charge in [0.1, 0.15) is 0 Å². The second-order valence-electron chi connectivity index (χ2n) is 2.64. The molecular weight excluding hydrogens is 134 g/mol. The summed E-state index contributed by atoms with van der Waals surface area (Å²) in [5.74, 6) is 4.89. The van der Waals surface area contributed by atoms with Crippen LogP contribution < -0.4 is 5.90 Å². The Balaban J connectivity index is 2.35. The van der Waals surface area contributed by atoms with Gasteiger partial charge in [-0.15, -0.1) is 0 Å². The van der Waals surface area contributed by atoms with Crippen LogP contribution in [0.4, 0.5) is 0 Å². The molecule has 3 N–H and O–H groups in total. The summed E-state index contributed by atoms with van der Waals surface area (Å²) < 4.78 is 5.20. The highest BCUT2D eigenvalue weighted by Gasteiger charge is 2.25. The average molecular weight is 147 g/mol. The van der Waals surface area contributed by atoms with E-state index in [0.717, 1.165) is 0 Å². The minimum Gasteiger partial charge on any atom is -0.393 e. The van der Waals surface area contributed by atoms with Crippen LogP contribution in [0.25, 0.3) is 0 Å². The van der Waals surface area contributed by atoms with Crippen LogP contribution in [0.3, 0.4) is 0 Å². The molecule has 0 amide bonds. The number of ether oxygens (including phenoxy) is 1. The minimum atomic E-state index is -0.432. The van der Waals surface area contributed by atoms with E-state index in [1.54, 1.807) is 0 Å². The normalized spacial score (nSPS) is 41.7. The van der Waals surface area contributed by atoms with Crippen molar-refractivity contribution in [1.82, 2.24) is 0 Å². The lowest BCUT2D eigenvalue weighted by Crippen LogP contribution is -2.36. The molecule has 1 fully saturated rings. The van der Waals surface area contributed by atoms with Crippen molar-refractivity contribution in [2.45, 2.75) is 38.3 Å². The van der Waals surface area contributed by atoms with Gasteiger partial charge >= 0.3 is 0 Å². The van der Waals surface area contributed by atoms with Gasteiger partial charge < -0.3 is 9.84 Å². The molecule has 1 rings (SSSR count). The molecule has 0 aromatic heterocycles. The Labute approximate surface area is 59.9 Å². The van der Waals surface area contributed by atoms with Crippen molar-refractivity contribution in [3.63, 3.8) is 0 Å². The highest BCUT2D eigenvalue weighted by molar-refractivity contribution is 4.69. The van der Waals surface area contributed by atoms with Crippen molar-refractivity contribution in [2.75, 3.05) is 0 Å². The molecule has 10 heavy (non-hydrogen) atoms. The van der Waals surface area contributed by atoms with Crippen LogP contribution in [0.15, 0.2) is 0 Å². The monoisotopic (exact) mass is 147 g/mol. The standard InChI is InChI=1S/C6H13NO3/c1-4-2-5(8)3-6(9-4)10-7/h4-6,8H,2-3,7H2,1H3/t4-,5-,6+/m1/s1. The Morgan fingerprint density at radius 1 is 1.60 bits per heavy atom. The molecule has 4 heteroatoms. The average Bonchev–Trinajstić information content (AvgIpc) is 1.85. The summed E-state index contributed by atoms with van der Waals surface area (Å²) in [6.45, 7) is 1.88. The van der Waals surface area contributed by atoms with E-state index < -0.39 is 6.29 Å². The van der Waals surface area contributed by atoms with Crippen LogP contribution in [0.2, 0.25) is 0 Å². The molecule has 1 saturated heterocycles. The van der Waals surface area contributed by atoms with E-state index in [2.05, 4.69) is 4.84 Å². The van der Waals surface area contributed by atoms with Crippen LogP contribution in [0.1, 0.15) is 19.8 Å². The molecule has 0 aliphatic carbocycles. The maximum absolute atomic E-state index is 9.17. The molecule has 0 bridgehead atoms. The van der Waals surface area contributed by atoms with Gasteiger partial charge in [-0.25, -0.2) is 5.90 Å². The molecule has 0 aromatic carbocycles. The van der Waals surface area contributed by atoms with Gasteiger partial charge in [-0.2, -0.15) is 0 Å². The van der Waals surface area contributed by atoms with Gasteiger partial charge in [0.25, 0.3) is 0 Å². The fourth-order valence-electron chi connectivity index (χ4n) is 1.16. The second kappa shape index (κ2) is 3.30. The molecule has 0 unspecified atom stereocenters. The first-order valence-corrected chi connectivity index (χ1v) is 3.41. The molecule has 3 atom stereocenters. The number of aliphatic hydroxyl groups excluding tert-OH is 1. The topological polar surface area (TPSA) is 64.7 Å². The Morgan fingerprint density at radius 3 is 2.80 bits per heavy atom. The summed E-state index contributed by atoms with van der Waals surface area (Å²) >= 11 is 0. The van der Waals surface area contributed by atoms with Crippen molar-refractivity contribution in [3.8, 4) is 0 Å². The predicted octanol–water partition coefficient (Wildman–Crippen LogP) is -0.237. The third-order valence-corrected chi connectivity index (χ3v) is 1.60. The van der Waals surface area contributed by atoms with E-state index in [-0.39, 0.29) is 12.2 Å². The lowest BCUT2D eigenvalue weighted by atomic mass is 10.1. The fourth-order valence-corrected chi connectivity index (χ4v) is 1.16. The number of nitrogens with two attached hydrogens (primary N) is 1. The number of hydrogen-bond donors (Lipinski definition) is 2. The van der Waals surface area contributed by atoms with Gasteiger partial charge in [-0.3, -0.25) is 4.84 Å².